The number of aromatic nitrogens is 1. The third-order valence-electron chi connectivity index (χ3n) is 3.08. The van der Waals surface area contributed by atoms with Crippen molar-refractivity contribution in [2.75, 3.05) is 5.32 Å². The Balaban J connectivity index is 1.83. The molecule has 0 atom stereocenters. The van der Waals surface area contributed by atoms with Gasteiger partial charge < -0.3 is 11.1 Å². The van der Waals surface area contributed by atoms with Crippen molar-refractivity contribution in [3.63, 3.8) is 0 Å². The summed E-state index contributed by atoms with van der Waals surface area (Å²) in [6.45, 7) is 0. The molecule has 0 bridgehead atoms. The lowest BCUT2D eigenvalue weighted by Gasteiger charge is -2.06. The van der Waals surface area contributed by atoms with Gasteiger partial charge in [0.25, 0.3) is 0 Å². The predicted molar refractivity (Wildman–Crippen MR) is 87.5 cm³/mol. The van der Waals surface area contributed by atoms with Gasteiger partial charge >= 0.3 is 0 Å². The van der Waals surface area contributed by atoms with Crippen molar-refractivity contribution in [1.82, 2.24) is 4.98 Å². The van der Waals surface area contributed by atoms with E-state index >= 15 is 0 Å². The van der Waals surface area contributed by atoms with Crippen LogP contribution in [0.3, 0.4) is 0 Å². The highest BCUT2D eigenvalue weighted by Gasteiger charge is 2.16. The van der Waals surface area contributed by atoms with Crippen LogP contribution in [0.4, 0.5) is 10.8 Å². The minimum Gasteiger partial charge on any atom is -0.389 e. The summed E-state index contributed by atoms with van der Waals surface area (Å²) in [5.41, 5.74) is 8.73. The van der Waals surface area contributed by atoms with Crippen molar-refractivity contribution in [2.24, 2.45) is 5.73 Å². The maximum Gasteiger partial charge on any atom is 0.187 e. The molecule has 6 heteroatoms. The number of thiocarbonyl (C=S) groups is 1. The number of fused-ring (bicyclic) bond motifs is 1. The smallest absolute Gasteiger partial charge is 0.187 e. The topological polar surface area (TPSA) is 50.9 Å². The van der Waals surface area contributed by atoms with Gasteiger partial charge in [-0.25, -0.2) is 4.98 Å². The van der Waals surface area contributed by atoms with Crippen LogP contribution >= 0.6 is 39.5 Å². The molecule has 0 unspecified atom stereocenters. The fourth-order valence-corrected chi connectivity index (χ4v) is 4.13. The molecule has 0 spiro atoms. The van der Waals surface area contributed by atoms with E-state index in [1.165, 1.54) is 23.4 Å². The van der Waals surface area contributed by atoms with E-state index in [9.17, 15) is 0 Å². The van der Waals surface area contributed by atoms with Gasteiger partial charge in [0.15, 0.2) is 5.13 Å². The molecule has 0 saturated carbocycles. The lowest BCUT2D eigenvalue weighted by Crippen LogP contribution is -2.10. The summed E-state index contributed by atoms with van der Waals surface area (Å²) in [7, 11) is 0. The molecule has 19 heavy (non-hydrogen) atoms. The number of thiazole rings is 1. The van der Waals surface area contributed by atoms with Crippen molar-refractivity contribution < 1.29 is 0 Å². The summed E-state index contributed by atoms with van der Waals surface area (Å²) in [5.74, 6) is 0. The minimum atomic E-state index is 0.395. The Bertz CT molecular complexity index is 630. The highest BCUT2D eigenvalue weighted by atomic mass is 79.9. The van der Waals surface area contributed by atoms with Gasteiger partial charge in [0.1, 0.15) is 4.99 Å². The van der Waals surface area contributed by atoms with Crippen LogP contribution in [0, 0.1) is 0 Å². The maximum absolute atomic E-state index is 5.64. The van der Waals surface area contributed by atoms with E-state index in [1.807, 2.05) is 18.2 Å². The van der Waals surface area contributed by atoms with Crippen LogP contribution in [0.1, 0.15) is 22.6 Å². The molecule has 0 amide bonds. The molecule has 1 heterocycles. The van der Waals surface area contributed by atoms with E-state index in [0.29, 0.717) is 4.99 Å². The van der Waals surface area contributed by atoms with Crippen LogP contribution in [0.2, 0.25) is 0 Å². The van der Waals surface area contributed by atoms with Crippen LogP contribution in [0.25, 0.3) is 0 Å². The number of aryl methyl sites for hydroxylation is 2. The predicted octanol–water partition coefficient (Wildman–Crippen LogP) is 3.77. The van der Waals surface area contributed by atoms with Crippen LogP contribution in [0.5, 0.6) is 0 Å². The third-order valence-corrected chi connectivity index (χ3v) is 5.03. The summed E-state index contributed by atoms with van der Waals surface area (Å²) >= 11 is 10.2. The van der Waals surface area contributed by atoms with E-state index in [0.717, 1.165) is 27.3 Å². The summed E-state index contributed by atoms with van der Waals surface area (Å²) in [6.07, 6.45) is 3.51. The van der Waals surface area contributed by atoms with Crippen LogP contribution in [-0.2, 0) is 12.8 Å². The van der Waals surface area contributed by atoms with Gasteiger partial charge in [0.2, 0.25) is 0 Å². The quantitative estimate of drug-likeness (QED) is 0.824. The van der Waals surface area contributed by atoms with Crippen LogP contribution < -0.4 is 11.1 Å². The number of nitrogens with zero attached hydrogens (tertiary/aromatic N) is 1. The highest BCUT2D eigenvalue weighted by Crippen LogP contribution is 2.32. The van der Waals surface area contributed by atoms with E-state index < -0.39 is 0 Å². The highest BCUT2D eigenvalue weighted by molar-refractivity contribution is 9.10. The number of anilines is 2. The Morgan fingerprint density at radius 1 is 1.42 bits per heavy atom. The molecule has 1 aromatic carbocycles. The number of hydrogen-bond donors (Lipinski definition) is 2. The molecule has 2 aromatic rings. The zero-order valence-corrected chi connectivity index (χ0v) is 13.3. The maximum atomic E-state index is 5.64. The van der Waals surface area contributed by atoms with Gasteiger partial charge in [-0.1, -0.05) is 12.2 Å². The first kappa shape index (κ1) is 13.0. The lowest BCUT2D eigenvalue weighted by atomic mass is 10.2. The first-order valence-electron chi connectivity index (χ1n) is 5.98. The van der Waals surface area contributed by atoms with Crippen LogP contribution in [-0.4, -0.2) is 9.97 Å². The Kier molecular flexibility index (Phi) is 3.56. The number of benzene rings is 1. The van der Waals surface area contributed by atoms with Gasteiger partial charge in [0, 0.05) is 20.6 Å². The molecule has 98 valence electrons. The van der Waals surface area contributed by atoms with E-state index in [2.05, 4.69) is 26.2 Å². The summed E-state index contributed by atoms with van der Waals surface area (Å²) in [5, 5.41) is 4.29. The minimum absolute atomic E-state index is 0.395. The molecular formula is C13H12BrN3S2. The van der Waals surface area contributed by atoms with Crippen LogP contribution in [0.15, 0.2) is 22.7 Å². The van der Waals surface area contributed by atoms with E-state index in [4.69, 9.17) is 18.0 Å². The van der Waals surface area contributed by atoms with Crippen molar-refractivity contribution in [3.8, 4) is 0 Å². The third kappa shape index (κ3) is 2.66. The average Bonchev–Trinajstić information content (AvgIpc) is 2.89. The second kappa shape index (κ2) is 5.19. The SMILES string of the molecule is NC(=S)c1ccc(Nc2nc3c(s2)CCC3)cc1Br. The molecule has 0 radical (unpaired) electrons. The normalized spacial score (nSPS) is 13.3. The number of rotatable bonds is 3. The molecule has 3 rings (SSSR count). The average molecular weight is 354 g/mol. The summed E-state index contributed by atoms with van der Waals surface area (Å²) in [4.78, 5) is 6.43. The summed E-state index contributed by atoms with van der Waals surface area (Å²) in [6, 6.07) is 5.85. The molecule has 1 aliphatic rings. The fourth-order valence-electron chi connectivity index (χ4n) is 2.16. The second-order valence-corrected chi connectivity index (χ2v) is 6.80. The zero-order valence-electron chi connectivity index (χ0n) is 10.1. The number of hydrogen-bond acceptors (Lipinski definition) is 4. The molecule has 3 N–H and O–H groups in total. The number of nitrogens with two attached hydrogens (primary N) is 1. The number of nitrogens with one attached hydrogen (secondary N) is 1. The molecule has 0 fully saturated rings. The molecule has 1 aromatic heterocycles. The van der Waals surface area contributed by atoms with Gasteiger partial charge in [0.05, 0.1) is 5.69 Å². The van der Waals surface area contributed by atoms with Crippen molar-refractivity contribution in [2.45, 2.75) is 19.3 Å². The standard InChI is InChI=1S/C13H12BrN3S2/c14-9-6-7(4-5-8(9)12(15)18)16-13-17-10-2-1-3-11(10)19-13/h4-6H,1-3H2,(H2,15,18)(H,16,17). The summed E-state index contributed by atoms with van der Waals surface area (Å²) < 4.78 is 0.897. The van der Waals surface area contributed by atoms with Gasteiger partial charge in [-0.15, -0.1) is 11.3 Å². The van der Waals surface area contributed by atoms with E-state index in [-0.39, 0.29) is 0 Å². The lowest BCUT2D eigenvalue weighted by molar-refractivity contribution is 0.900. The monoisotopic (exact) mass is 353 g/mol. The van der Waals surface area contributed by atoms with Crippen molar-refractivity contribution >= 4 is 55.3 Å². The number of halogens is 1. The molecule has 1 aliphatic carbocycles. The van der Waals surface area contributed by atoms with Gasteiger partial charge in [-0.3, -0.25) is 0 Å². The molecular weight excluding hydrogens is 342 g/mol. The first-order chi connectivity index (χ1) is 9.13. The fraction of sp³-hybridized carbons (Fsp3) is 0.231. The van der Waals surface area contributed by atoms with Crippen molar-refractivity contribution in [1.29, 1.82) is 0 Å². The van der Waals surface area contributed by atoms with Gasteiger partial charge in [-0.05, 0) is 53.4 Å². The largest absolute Gasteiger partial charge is 0.389 e. The van der Waals surface area contributed by atoms with E-state index in [1.54, 1.807) is 11.3 Å². The second-order valence-electron chi connectivity index (χ2n) is 4.43. The first-order valence-corrected chi connectivity index (χ1v) is 8.00. The Labute approximate surface area is 129 Å². The molecule has 3 nitrogen and oxygen atoms in total. The molecule has 0 aliphatic heterocycles. The van der Waals surface area contributed by atoms with Crippen molar-refractivity contribution in [3.05, 3.63) is 38.8 Å². The van der Waals surface area contributed by atoms with Gasteiger partial charge in [-0.2, -0.15) is 0 Å². The zero-order chi connectivity index (χ0) is 13.4. The Hall–Kier alpha value is -0.980. The molecule has 0 saturated heterocycles. The Morgan fingerprint density at radius 2 is 2.26 bits per heavy atom. The Morgan fingerprint density at radius 3 is 2.95 bits per heavy atom.